The molecule has 0 aliphatic carbocycles. The largest absolute Gasteiger partial charge is 0.494 e. The summed E-state index contributed by atoms with van der Waals surface area (Å²) in [5.74, 6) is -0.267. The van der Waals surface area contributed by atoms with E-state index >= 15 is 0 Å². The molecule has 17 heavy (non-hydrogen) atoms. The minimum absolute atomic E-state index is 0.0953. The van der Waals surface area contributed by atoms with Crippen molar-refractivity contribution in [2.24, 2.45) is 0 Å². The normalized spacial score (nSPS) is 10.6. The summed E-state index contributed by atoms with van der Waals surface area (Å²) in [5.41, 5.74) is 1.01. The molecule has 4 heteroatoms. The van der Waals surface area contributed by atoms with E-state index in [1.807, 2.05) is 20.8 Å². The van der Waals surface area contributed by atoms with E-state index in [4.69, 9.17) is 14.6 Å². The Balaban J connectivity index is 2.93. The van der Waals surface area contributed by atoms with E-state index in [1.54, 1.807) is 12.1 Å². The fourth-order valence-electron chi connectivity index (χ4n) is 1.38. The summed E-state index contributed by atoms with van der Waals surface area (Å²) in [6.07, 6.45) is 0.0953. The molecule has 0 saturated heterocycles. The molecule has 0 amide bonds. The molecule has 1 N–H and O–H groups in total. The van der Waals surface area contributed by atoms with Crippen molar-refractivity contribution in [3.05, 3.63) is 29.3 Å². The number of hydrogen-bond donors (Lipinski definition) is 1. The topological polar surface area (TPSA) is 55.8 Å². The smallest absolute Gasteiger partial charge is 0.335 e. The minimum Gasteiger partial charge on any atom is -0.494 e. The number of carbonyl (C=O) groups is 1. The third-order valence-electron chi connectivity index (χ3n) is 2.18. The molecular formula is C13H18O4. The molecule has 0 unspecified atom stereocenters. The molecule has 0 aliphatic rings. The third-order valence-corrected chi connectivity index (χ3v) is 2.18. The van der Waals surface area contributed by atoms with E-state index in [2.05, 4.69) is 0 Å². The summed E-state index contributed by atoms with van der Waals surface area (Å²) in [5, 5.41) is 8.93. The van der Waals surface area contributed by atoms with E-state index in [1.165, 1.54) is 6.07 Å². The maximum atomic E-state index is 10.9. The average Bonchev–Trinajstić information content (AvgIpc) is 2.27. The molecule has 94 valence electrons. The van der Waals surface area contributed by atoms with Gasteiger partial charge in [0.25, 0.3) is 0 Å². The fourth-order valence-corrected chi connectivity index (χ4v) is 1.38. The van der Waals surface area contributed by atoms with E-state index in [-0.39, 0.29) is 11.7 Å². The molecule has 0 fully saturated rings. The van der Waals surface area contributed by atoms with Crippen molar-refractivity contribution in [2.75, 3.05) is 6.61 Å². The fraction of sp³-hybridized carbons (Fsp3) is 0.462. The van der Waals surface area contributed by atoms with Gasteiger partial charge in [-0.3, -0.25) is 0 Å². The summed E-state index contributed by atoms with van der Waals surface area (Å²) in [7, 11) is 0. The number of ether oxygens (including phenoxy) is 2. The zero-order chi connectivity index (χ0) is 12.8. The van der Waals surface area contributed by atoms with Crippen LogP contribution in [0.1, 0.15) is 36.7 Å². The van der Waals surface area contributed by atoms with Crippen LogP contribution in [-0.2, 0) is 11.3 Å². The van der Waals surface area contributed by atoms with Gasteiger partial charge in [-0.25, -0.2) is 4.79 Å². The minimum atomic E-state index is -0.946. The molecule has 0 saturated carbocycles. The second-order valence-electron chi connectivity index (χ2n) is 3.92. The highest BCUT2D eigenvalue weighted by atomic mass is 16.5. The molecule has 0 bridgehead atoms. The van der Waals surface area contributed by atoms with Gasteiger partial charge in [-0.15, -0.1) is 0 Å². The summed E-state index contributed by atoms with van der Waals surface area (Å²) in [4.78, 5) is 10.9. The number of carboxylic acid groups (broad SMARTS) is 1. The highest BCUT2D eigenvalue weighted by molar-refractivity contribution is 5.88. The maximum absolute atomic E-state index is 10.9. The van der Waals surface area contributed by atoms with Gasteiger partial charge >= 0.3 is 5.97 Å². The SMILES string of the molecule is CCOc1ccc(C(=O)O)cc1COC(C)C. The van der Waals surface area contributed by atoms with E-state index < -0.39 is 5.97 Å². The predicted molar refractivity (Wildman–Crippen MR) is 64.5 cm³/mol. The van der Waals surface area contributed by atoms with Crippen molar-refractivity contribution < 1.29 is 19.4 Å². The van der Waals surface area contributed by atoms with Gasteiger partial charge in [0, 0.05) is 5.56 Å². The van der Waals surface area contributed by atoms with Gasteiger partial charge in [0.15, 0.2) is 0 Å². The summed E-state index contributed by atoms with van der Waals surface area (Å²) < 4.78 is 10.9. The zero-order valence-electron chi connectivity index (χ0n) is 10.4. The van der Waals surface area contributed by atoms with Gasteiger partial charge in [0.2, 0.25) is 0 Å². The first-order valence-electron chi connectivity index (χ1n) is 5.65. The monoisotopic (exact) mass is 238 g/mol. The summed E-state index contributed by atoms with van der Waals surface area (Å²) in [6.45, 7) is 6.65. The first-order chi connectivity index (χ1) is 8.04. The van der Waals surface area contributed by atoms with E-state index in [9.17, 15) is 4.79 Å². The standard InChI is InChI=1S/C13H18O4/c1-4-16-12-6-5-10(13(14)15)7-11(12)8-17-9(2)3/h5-7,9H,4,8H2,1-3H3,(H,14,15). The van der Waals surface area contributed by atoms with Crippen LogP contribution < -0.4 is 4.74 Å². The molecule has 1 aromatic rings. The molecule has 0 aromatic heterocycles. The molecule has 0 atom stereocenters. The van der Waals surface area contributed by atoms with Crippen molar-refractivity contribution in [3.8, 4) is 5.75 Å². The van der Waals surface area contributed by atoms with E-state index in [0.717, 1.165) is 5.56 Å². The lowest BCUT2D eigenvalue weighted by atomic mass is 10.1. The van der Waals surface area contributed by atoms with Crippen molar-refractivity contribution in [1.82, 2.24) is 0 Å². The highest BCUT2D eigenvalue weighted by Crippen LogP contribution is 2.21. The summed E-state index contributed by atoms with van der Waals surface area (Å²) >= 11 is 0. The molecule has 4 nitrogen and oxygen atoms in total. The Labute approximate surface area is 101 Å². The van der Waals surface area contributed by atoms with Gasteiger partial charge < -0.3 is 14.6 Å². The first-order valence-corrected chi connectivity index (χ1v) is 5.65. The Bertz CT molecular complexity index is 385. The Morgan fingerprint density at radius 1 is 1.41 bits per heavy atom. The third kappa shape index (κ3) is 4.07. The van der Waals surface area contributed by atoms with Crippen molar-refractivity contribution in [3.63, 3.8) is 0 Å². The first kappa shape index (κ1) is 13.5. The van der Waals surface area contributed by atoms with Crippen molar-refractivity contribution in [1.29, 1.82) is 0 Å². The van der Waals surface area contributed by atoms with Crippen LogP contribution in [0.5, 0.6) is 5.75 Å². The molecule has 0 radical (unpaired) electrons. The molecular weight excluding hydrogens is 220 g/mol. The summed E-state index contributed by atoms with van der Waals surface area (Å²) in [6, 6.07) is 4.80. The average molecular weight is 238 g/mol. The van der Waals surface area contributed by atoms with Crippen LogP contribution in [0.2, 0.25) is 0 Å². The number of benzene rings is 1. The zero-order valence-corrected chi connectivity index (χ0v) is 10.4. The number of aromatic carboxylic acids is 1. The van der Waals surface area contributed by atoms with Crippen molar-refractivity contribution in [2.45, 2.75) is 33.5 Å². The van der Waals surface area contributed by atoms with Crippen LogP contribution >= 0.6 is 0 Å². The maximum Gasteiger partial charge on any atom is 0.335 e. The second-order valence-corrected chi connectivity index (χ2v) is 3.92. The van der Waals surface area contributed by atoms with Crippen LogP contribution in [0.3, 0.4) is 0 Å². The van der Waals surface area contributed by atoms with Gasteiger partial charge in [0.1, 0.15) is 5.75 Å². The van der Waals surface area contributed by atoms with Crippen molar-refractivity contribution >= 4 is 5.97 Å². The lowest BCUT2D eigenvalue weighted by Crippen LogP contribution is -2.06. The number of rotatable bonds is 6. The molecule has 0 spiro atoms. The molecule has 0 aliphatic heterocycles. The Hall–Kier alpha value is -1.55. The molecule has 0 heterocycles. The quantitative estimate of drug-likeness (QED) is 0.827. The molecule has 1 rings (SSSR count). The van der Waals surface area contributed by atoms with Gasteiger partial charge in [-0.2, -0.15) is 0 Å². The van der Waals surface area contributed by atoms with Gasteiger partial charge in [0.05, 0.1) is 24.9 Å². The number of carboxylic acids is 1. The molecule has 1 aromatic carbocycles. The Morgan fingerprint density at radius 2 is 2.12 bits per heavy atom. The lowest BCUT2D eigenvalue weighted by Gasteiger charge is -2.13. The van der Waals surface area contributed by atoms with Crippen LogP contribution in [-0.4, -0.2) is 23.8 Å². The Morgan fingerprint density at radius 3 is 2.65 bits per heavy atom. The van der Waals surface area contributed by atoms with Gasteiger partial charge in [-0.1, -0.05) is 0 Å². The van der Waals surface area contributed by atoms with Crippen LogP contribution in [0.15, 0.2) is 18.2 Å². The van der Waals surface area contributed by atoms with Crippen LogP contribution in [0, 0.1) is 0 Å². The van der Waals surface area contributed by atoms with Crippen LogP contribution in [0.25, 0.3) is 0 Å². The second kappa shape index (κ2) is 6.25. The predicted octanol–water partition coefficient (Wildman–Crippen LogP) is 2.71. The lowest BCUT2D eigenvalue weighted by molar-refractivity contribution is 0.0638. The van der Waals surface area contributed by atoms with E-state index in [0.29, 0.717) is 19.0 Å². The Kier molecular flexibility index (Phi) is 4.97. The number of hydrogen-bond acceptors (Lipinski definition) is 3. The van der Waals surface area contributed by atoms with Crippen LogP contribution in [0.4, 0.5) is 0 Å². The van der Waals surface area contributed by atoms with Gasteiger partial charge in [-0.05, 0) is 39.0 Å². The highest BCUT2D eigenvalue weighted by Gasteiger charge is 2.10.